The van der Waals surface area contributed by atoms with Crippen LogP contribution in [-0.2, 0) is 14.3 Å². The normalized spacial score (nSPS) is 30.6. The summed E-state index contributed by atoms with van der Waals surface area (Å²) in [5.74, 6) is -1.19. The van der Waals surface area contributed by atoms with Gasteiger partial charge >= 0.3 is 0 Å². The average molecular weight is 174 g/mol. The highest BCUT2D eigenvalue weighted by Crippen LogP contribution is 2.22. The minimum Gasteiger partial charge on any atom is -0.366 e. The Morgan fingerprint density at radius 3 is 2.67 bits per heavy atom. The molecule has 1 heterocycles. The molecule has 12 heavy (non-hydrogen) atoms. The molecule has 0 bridgehead atoms. The lowest BCUT2D eigenvalue weighted by Gasteiger charge is -2.22. The Morgan fingerprint density at radius 1 is 1.58 bits per heavy atom. The summed E-state index contributed by atoms with van der Waals surface area (Å²) in [5, 5.41) is 9.25. The van der Waals surface area contributed by atoms with E-state index in [0.717, 1.165) is 6.29 Å². The third kappa shape index (κ3) is 2.89. The minimum absolute atomic E-state index is 0.364. The van der Waals surface area contributed by atoms with Crippen LogP contribution in [0, 0.1) is 0 Å². The number of ether oxygens (including phenoxy) is 2. The summed E-state index contributed by atoms with van der Waals surface area (Å²) in [6.07, 6.45) is 1.28. The molecule has 0 amide bonds. The van der Waals surface area contributed by atoms with E-state index in [1.54, 1.807) is 0 Å². The molecule has 4 nitrogen and oxygen atoms in total. The van der Waals surface area contributed by atoms with Crippen molar-refractivity contribution in [3.8, 4) is 0 Å². The fraction of sp³-hybridized carbons (Fsp3) is 0.875. The molecule has 1 fully saturated rings. The van der Waals surface area contributed by atoms with Gasteiger partial charge in [0.15, 0.2) is 12.1 Å². The summed E-state index contributed by atoms with van der Waals surface area (Å²) in [7, 11) is 0. The maximum atomic E-state index is 10.3. The Hall–Kier alpha value is -0.450. The smallest absolute Gasteiger partial charge is 0.162 e. The predicted molar refractivity (Wildman–Crippen MR) is 41.3 cm³/mol. The van der Waals surface area contributed by atoms with Crippen LogP contribution in [0.15, 0.2) is 0 Å². The van der Waals surface area contributed by atoms with E-state index < -0.39 is 12.1 Å². The van der Waals surface area contributed by atoms with Gasteiger partial charge < -0.3 is 19.4 Å². The van der Waals surface area contributed by atoms with Gasteiger partial charge in [0.05, 0.1) is 0 Å². The van der Waals surface area contributed by atoms with E-state index in [2.05, 4.69) is 0 Å². The molecule has 0 aromatic heterocycles. The maximum absolute atomic E-state index is 10.3. The molecule has 1 N–H and O–H groups in total. The molecule has 2 unspecified atom stereocenters. The van der Waals surface area contributed by atoms with Crippen molar-refractivity contribution >= 4 is 6.29 Å². The van der Waals surface area contributed by atoms with Crippen molar-refractivity contribution in [1.29, 1.82) is 0 Å². The van der Waals surface area contributed by atoms with Gasteiger partial charge in [0.1, 0.15) is 12.4 Å². The molecule has 0 aliphatic carbocycles. The van der Waals surface area contributed by atoms with Gasteiger partial charge in [0.2, 0.25) is 0 Å². The second kappa shape index (κ2) is 3.51. The van der Waals surface area contributed by atoms with Gasteiger partial charge in [0.25, 0.3) is 0 Å². The van der Waals surface area contributed by atoms with Gasteiger partial charge in [-0.15, -0.1) is 0 Å². The first kappa shape index (κ1) is 9.64. The van der Waals surface area contributed by atoms with Crippen LogP contribution in [0.1, 0.15) is 26.7 Å². The van der Waals surface area contributed by atoms with Gasteiger partial charge in [-0.1, -0.05) is 0 Å². The lowest BCUT2D eigenvalue weighted by atomic mass is 10.2. The first-order chi connectivity index (χ1) is 5.51. The standard InChI is InChI=1S/C8H14O4/c1-8(2,10)12-7-4-3-6(5-9)11-7/h5-7,10H,3-4H2,1-2H3. The number of aldehydes is 1. The summed E-state index contributed by atoms with van der Waals surface area (Å²) in [6.45, 7) is 3.06. The zero-order chi connectivity index (χ0) is 9.19. The van der Waals surface area contributed by atoms with Crippen LogP contribution in [0.5, 0.6) is 0 Å². The Balaban J connectivity index is 2.33. The predicted octanol–water partition coefficient (Wildman–Crippen LogP) is 0.435. The molecule has 0 saturated carbocycles. The number of hydrogen-bond donors (Lipinski definition) is 1. The van der Waals surface area contributed by atoms with E-state index in [0.29, 0.717) is 12.8 Å². The van der Waals surface area contributed by atoms with Crippen LogP contribution in [0.4, 0.5) is 0 Å². The van der Waals surface area contributed by atoms with Gasteiger partial charge in [-0.3, -0.25) is 0 Å². The van der Waals surface area contributed by atoms with Crippen molar-refractivity contribution in [3.63, 3.8) is 0 Å². The highest BCUT2D eigenvalue weighted by molar-refractivity contribution is 5.56. The molecule has 1 aliphatic rings. The van der Waals surface area contributed by atoms with Crippen molar-refractivity contribution < 1.29 is 19.4 Å². The molecule has 0 spiro atoms. The Morgan fingerprint density at radius 2 is 2.25 bits per heavy atom. The second-order valence-electron chi connectivity index (χ2n) is 3.38. The Labute approximate surface area is 71.5 Å². The monoisotopic (exact) mass is 174 g/mol. The number of rotatable bonds is 3. The summed E-state index contributed by atoms with van der Waals surface area (Å²) in [5.41, 5.74) is 0. The number of hydrogen-bond acceptors (Lipinski definition) is 4. The van der Waals surface area contributed by atoms with Crippen molar-refractivity contribution in [2.24, 2.45) is 0 Å². The topological polar surface area (TPSA) is 55.8 Å². The van der Waals surface area contributed by atoms with E-state index in [-0.39, 0.29) is 6.10 Å². The number of carbonyl (C=O) groups excluding carboxylic acids is 1. The Bertz CT molecular complexity index is 161. The lowest BCUT2D eigenvalue weighted by Crippen LogP contribution is -2.30. The molecular weight excluding hydrogens is 160 g/mol. The van der Waals surface area contributed by atoms with Crippen molar-refractivity contribution in [3.05, 3.63) is 0 Å². The van der Waals surface area contributed by atoms with Crippen LogP contribution in [0.25, 0.3) is 0 Å². The quantitative estimate of drug-likeness (QED) is 0.498. The van der Waals surface area contributed by atoms with E-state index >= 15 is 0 Å². The largest absolute Gasteiger partial charge is 0.366 e. The van der Waals surface area contributed by atoms with Gasteiger partial charge in [-0.25, -0.2) is 0 Å². The molecule has 1 saturated heterocycles. The van der Waals surface area contributed by atoms with Crippen LogP contribution in [0.3, 0.4) is 0 Å². The van der Waals surface area contributed by atoms with Crippen LogP contribution < -0.4 is 0 Å². The molecule has 0 aromatic rings. The van der Waals surface area contributed by atoms with E-state index in [4.69, 9.17) is 9.47 Å². The molecule has 0 radical (unpaired) electrons. The first-order valence-corrected chi connectivity index (χ1v) is 4.02. The molecule has 0 aromatic carbocycles. The van der Waals surface area contributed by atoms with E-state index in [9.17, 15) is 9.90 Å². The summed E-state index contributed by atoms with van der Waals surface area (Å²) >= 11 is 0. The van der Waals surface area contributed by atoms with Gasteiger partial charge in [-0.2, -0.15) is 0 Å². The molecule has 2 atom stereocenters. The molecule has 4 heteroatoms. The van der Waals surface area contributed by atoms with Crippen LogP contribution in [-0.4, -0.2) is 29.6 Å². The van der Waals surface area contributed by atoms with E-state index in [1.165, 1.54) is 13.8 Å². The maximum Gasteiger partial charge on any atom is 0.162 e. The fourth-order valence-electron chi connectivity index (χ4n) is 1.14. The summed E-state index contributed by atoms with van der Waals surface area (Å²) in [4.78, 5) is 10.3. The van der Waals surface area contributed by atoms with Crippen LogP contribution in [0.2, 0.25) is 0 Å². The van der Waals surface area contributed by atoms with Gasteiger partial charge in [0, 0.05) is 6.42 Å². The Kier molecular flexibility index (Phi) is 2.82. The van der Waals surface area contributed by atoms with Gasteiger partial charge in [-0.05, 0) is 20.3 Å². The van der Waals surface area contributed by atoms with Crippen LogP contribution >= 0.6 is 0 Å². The lowest BCUT2D eigenvalue weighted by molar-refractivity contribution is -0.266. The van der Waals surface area contributed by atoms with Crippen molar-refractivity contribution in [1.82, 2.24) is 0 Å². The molecule has 70 valence electrons. The minimum atomic E-state index is -1.19. The summed E-state index contributed by atoms with van der Waals surface area (Å²) < 4.78 is 10.2. The molecule has 1 rings (SSSR count). The second-order valence-corrected chi connectivity index (χ2v) is 3.38. The number of aliphatic hydroxyl groups is 1. The third-order valence-corrected chi connectivity index (χ3v) is 1.59. The summed E-state index contributed by atoms with van der Waals surface area (Å²) in [6, 6.07) is 0. The third-order valence-electron chi connectivity index (χ3n) is 1.59. The molecule has 1 aliphatic heterocycles. The first-order valence-electron chi connectivity index (χ1n) is 4.02. The average Bonchev–Trinajstić information content (AvgIpc) is 2.32. The highest BCUT2D eigenvalue weighted by Gasteiger charge is 2.29. The van der Waals surface area contributed by atoms with Crippen molar-refractivity contribution in [2.45, 2.75) is 44.9 Å². The zero-order valence-electron chi connectivity index (χ0n) is 7.32. The number of carbonyl (C=O) groups is 1. The van der Waals surface area contributed by atoms with Crippen molar-refractivity contribution in [2.75, 3.05) is 0 Å². The zero-order valence-corrected chi connectivity index (χ0v) is 7.32. The SMILES string of the molecule is CC(C)(O)OC1CCC(C=O)O1. The van der Waals surface area contributed by atoms with E-state index in [1.807, 2.05) is 0 Å². The fourth-order valence-corrected chi connectivity index (χ4v) is 1.14. The highest BCUT2D eigenvalue weighted by atomic mass is 16.7. The molecular formula is C8H14O4.